The molecule has 0 bridgehead atoms. The van der Waals surface area contributed by atoms with Gasteiger partial charge in [0.2, 0.25) is 5.88 Å². The Morgan fingerprint density at radius 2 is 1.64 bits per heavy atom. The van der Waals surface area contributed by atoms with Crippen molar-refractivity contribution >= 4 is 23.5 Å². The van der Waals surface area contributed by atoms with E-state index < -0.39 is 4.92 Å². The van der Waals surface area contributed by atoms with E-state index in [4.69, 9.17) is 9.15 Å². The average Bonchev–Trinajstić information content (AvgIpc) is 3.32. The van der Waals surface area contributed by atoms with Crippen LogP contribution in [0, 0.1) is 21.4 Å². The van der Waals surface area contributed by atoms with Crippen molar-refractivity contribution in [2.75, 3.05) is 31.2 Å². The smallest absolute Gasteiger partial charge is 0.293 e. The number of aliphatic imine (C=N–C) groups is 1. The van der Waals surface area contributed by atoms with E-state index >= 15 is 0 Å². The zero-order valence-corrected chi connectivity index (χ0v) is 19.3. The number of anilines is 1. The van der Waals surface area contributed by atoms with Crippen LogP contribution in [0.1, 0.15) is 11.1 Å². The predicted molar refractivity (Wildman–Crippen MR) is 138 cm³/mol. The SMILES string of the molecule is N#Cc1c(N=Cc2ccc(N3CCOCC3)c([N+](=O)[O-])c2)oc(-c2ccccc2)c1-c1ccccc1. The topological polar surface area (TPSA) is 105 Å². The van der Waals surface area contributed by atoms with Crippen LogP contribution < -0.4 is 4.90 Å². The third-order valence-corrected chi connectivity index (χ3v) is 5.98. The number of furan rings is 1. The second-order valence-electron chi connectivity index (χ2n) is 8.19. The normalized spacial score (nSPS) is 13.6. The Bertz CT molecular complexity index is 1450. The van der Waals surface area contributed by atoms with E-state index in [1.165, 1.54) is 12.3 Å². The van der Waals surface area contributed by atoms with Gasteiger partial charge in [-0.15, -0.1) is 0 Å². The second-order valence-corrected chi connectivity index (χ2v) is 8.19. The molecule has 0 radical (unpaired) electrons. The third-order valence-electron chi connectivity index (χ3n) is 5.98. The first-order chi connectivity index (χ1) is 17.7. The highest BCUT2D eigenvalue weighted by molar-refractivity contribution is 5.90. The summed E-state index contributed by atoms with van der Waals surface area (Å²) < 4.78 is 11.5. The lowest BCUT2D eigenvalue weighted by atomic mass is 9.98. The number of nitro benzene ring substituents is 1. The number of hydrogen-bond donors (Lipinski definition) is 0. The van der Waals surface area contributed by atoms with Crippen LogP contribution in [0.4, 0.5) is 17.3 Å². The molecule has 4 aromatic rings. The molecule has 178 valence electrons. The third kappa shape index (κ3) is 4.60. The Morgan fingerprint density at radius 3 is 2.28 bits per heavy atom. The summed E-state index contributed by atoms with van der Waals surface area (Å²) in [6, 6.07) is 26.3. The molecule has 0 unspecified atom stereocenters. The Morgan fingerprint density at radius 1 is 0.972 bits per heavy atom. The van der Waals surface area contributed by atoms with Crippen LogP contribution >= 0.6 is 0 Å². The Labute approximate surface area is 207 Å². The minimum Gasteiger partial charge on any atom is -0.436 e. The van der Waals surface area contributed by atoms with Crippen LogP contribution in [0.3, 0.4) is 0 Å². The molecule has 36 heavy (non-hydrogen) atoms. The van der Waals surface area contributed by atoms with E-state index in [0.717, 1.165) is 11.1 Å². The zero-order chi connectivity index (χ0) is 24.9. The number of nitrogens with zero attached hydrogens (tertiary/aromatic N) is 4. The van der Waals surface area contributed by atoms with Gasteiger partial charge < -0.3 is 14.1 Å². The minimum atomic E-state index is -0.392. The van der Waals surface area contributed by atoms with Gasteiger partial charge in [0, 0.05) is 36.5 Å². The van der Waals surface area contributed by atoms with Crippen LogP contribution in [-0.2, 0) is 4.74 Å². The summed E-state index contributed by atoms with van der Waals surface area (Å²) in [7, 11) is 0. The first-order valence-electron chi connectivity index (χ1n) is 11.5. The lowest BCUT2D eigenvalue weighted by Gasteiger charge is -2.28. The molecule has 5 rings (SSSR count). The van der Waals surface area contributed by atoms with Crippen LogP contribution in [-0.4, -0.2) is 37.4 Å². The maximum absolute atomic E-state index is 11.8. The van der Waals surface area contributed by atoms with Gasteiger partial charge in [0.25, 0.3) is 5.69 Å². The molecule has 3 aromatic carbocycles. The van der Waals surface area contributed by atoms with Gasteiger partial charge in [0.1, 0.15) is 23.1 Å². The van der Waals surface area contributed by atoms with Gasteiger partial charge in [-0.3, -0.25) is 10.1 Å². The van der Waals surface area contributed by atoms with Crippen LogP contribution in [0.5, 0.6) is 0 Å². The van der Waals surface area contributed by atoms with Crippen molar-refractivity contribution in [1.82, 2.24) is 0 Å². The molecule has 1 aliphatic rings. The highest BCUT2D eigenvalue weighted by atomic mass is 16.6. The Hall–Kier alpha value is -4.74. The summed E-state index contributed by atoms with van der Waals surface area (Å²) in [5.74, 6) is 0.689. The highest BCUT2D eigenvalue weighted by Crippen LogP contribution is 2.42. The fourth-order valence-electron chi connectivity index (χ4n) is 4.26. The molecule has 8 heteroatoms. The van der Waals surface area contributed by atoms with Gasteiger partial charge in [-0.05, 0) is 17.2 Å². The predicted octanol–water partition coefficient (Wildman–Crippen LogP) is 5.98. The summed E-state index contributed by atoms with van der Waals surface area (Å²) in [5, 5.41) is 21.8. The van der Waals surface area contributed by atoms with E-state index in [1.54, 1.807) is 12.1 Å². The Kier molecular flexibility index (Phi) is 6.56. The van der Waals surface area contributed by atoms with Crippen molar-refractivity contribution in [3.05, 3.63) is 100 Å². The van der Waals surface area contributed by atoms with Gasteiger partial charge in [0.15, 0.2) is 0 Å². The summed E-state index contributed by atoms with van der Waals surface area (Å²) in [4.78, 5) is 17.8. The molecule has 0 spiro atoms. The van der Waals surface area contributed by atoms with E-state index in [2.05, 4.69) is 11.1 Å². The fourth-order valence-corrected chi connectivity index (χ4v) is 4.26. The highest BCUT2D eigenvalue weighted by Gasteiger charge is 2.24. The number of nitro groups is 1. The number of morpholine rings is 1. The van der Waals surface area contributed by atoms with Crippen molar-refractivity contribution in [1.29, 1.82) is 5.26 Å². The first kappa shape index (κ1) is 23.0. The van der Waals surface area contributed by atoms with Crippen molar-refractivity contribution < 1.29 is 14.1 Å². The maximum Gasteiger partial charge on any atom is 0.293 e. The molecule has 0 atom stereocenters. The monoisotopic (exact) mass is 478 g/mol. The van der Waals surface area contributed by atoms with Crippen LogP contribution in [0.2, 0.25) is 0 Å². The molecular weight excluding hydrogens is 456 g/mol. The summed E-state index contributed by atoms with van der Waals surface area (Å²) in [5.41, 5.74) is 3.69. The molecule has 0 amide bonds. The second kappa shape index (κ2) is 10.3. The van der Waals surface area contributed by atoms with Crippen LogP contribution in [0.15, 0.2) is 88.3 Å². The summed E-state index contributed by atoms with van der Waals surface area (Å²) in [6.07, 6.45) is 1.49. The largest absolute Gasteiger partial charge is 0.436 e. The molecule has 0 N–H and O–H groups in total. The Balaban J connectivity index is 1.56. The number of benzene rings is 3. The maximum atomic E-state index is 11.8. The van der Waals surface area contributed by atoms with Crippen molar-refractivity contribution in [3.8, 4) is 28.5 Å². The number of ether oxygens (including phenoxy) is 1. The quantitative estimate of drug-likeness (QED) is 0.192. The van der Waals surface area contributed by atoms with Gasteiger partial charge >= 0.3 is 0 Å². The van der Waals surface area contributed by atoms with Gasteiger partial charge in [-0.2, -0.15) is 5.26 Å². The van der Waals surface area contributed by atoms with Crippen molar-refractivity contribution in [2.45, 2.75) is 0 Å². The molecule has 1 aromatic heterocycles. The van der Waals surface area contributed by atoms with Gasteiger partial charge in [-0.25, -0.2) is 4.99 Å². The van der Waals surface area contributed by atoms with E-state index in [0.29, 0.717) is 54.4 Å². The van der Waals surface area contributed by atoms with Gasteiger partial charge in [0.05, 0.1) is 18.1 Å². The summed E-state index contributed by atoms with van der Waals surface area (Å²) >= 11 is 0. The van der Waals surface area contributed by atoms with E-state index in [-0.39, 0.29) is 11.6 Å². The van der Waals surface area contributed by atoms with Crippen LogP contribution in [0.25, 0.3) is 22.5 Å². The summed E-state index contributed by atoms with van der Waals surface area (Å²) in [6.45, 7) is 2.25. The number of nitriles is 1. The molecule has 1 saturated heterocycles. The number of rotatable bonds is 6. The molecule has 0 aliphatic carbocycles. The molecule has 2 heterocycles. The zero-order valence-electron chi connectivity index (χ0n) is 19.3. The lowest BCUT2D eigenvalue weighted by Crippen LogP contribution is -2.36. The first-order valence-corrected chi connectivity index (χ1v) is 11.5. The molecular formula is C28H22N4O4. The minimum absolute atomic E-state index is 0.00393. The molecule has 1 aliphatic heterocycles. The molecule has 1 fully saturated rings. The van der Waals surface area contributed by atoms with Crippen molar-refractivity contribution in [2.24, 2.45) is 4.99 Å². The average molecular weight is 479 g/mol. The standard InChI is InChI=1S/C28H22N4O4/c29-18-23-26(21-7-3-1-4-8-21)27(22-9-5-2-6-10-22)36-28(23)30-19-20-11-12-24(25(17-20)32(33)34)31-13-15-35-16-14-31/h1-12,17,19H,13-16H2. The fraction of sp³-hybridized carbons (Fsp3) is 0.143. The molecule has 8 nitrogen and oxygen atoms in total. The molecule has 0 saturated carbocycles. The van der Waals surface area contributed by atoms with Gasteiger partial charge in [-0.1, -0.05) is 66.7 Å². The number of hydrogen-bond acceptors (Lipinski definition) is 7. The van der Waals surface area contributed by atoms with E-state index in [9.17, 15) is 15.4 Å². The lowest BCUT2D eigenvalue weighted by molar-refractivity contribution is -0.384. The van der Waals surface area contributed by atoms with Crippen molar-refractivity contribution in [3.63, 3.8) is 0 Å². The van der Waals surface area contributed by atoms with E-state index in [1.807, 2.05) is 65.6 Å².